The molecular formula is C14H13ClO3. The Balaban J connectivity index is 2.02. The minimum atomic E-state index is 0.122. The molecule has 0 bridgehead atoms. The Morgan fingerprint density at radius 2 is 1.83 bits per heavy atom. The number of phenolic OH excluding ortho intramolecular Hbond substituents is 1. The molecule has 0 saturated heterocycles. The van der Waals surface area contributed by atoms with Crippen molar-refractivity contribution in [2.24, 2.45) is 0 Å². The van der Waals surface area contributed by atoms with Crippen LogP contribution in [0.5, 0.6) is 17.2 Å². The molecule has 2 aromatic rings. The highest BCUT2D eigenvalue weighted by molar-refractivity contribution is 6.32. The van der Waals surface area contributed by atoms with Gasteiger partial charge in [-0.1, -0.05) is 23.7 Å². The van der Waals surface area contributed by atoms with Gasteiger partial charge < -0.3 is 14.6 Å². The number of rotatable bonds is 4. The molecule has 0 aliphatic rings. The van der Waals surface area contributed by atoms with Gasteiger partial charge in [-0.25, -0.2) is 0 Å². The zero-order valence-electron chi connectivity index (χ0n) is 9.89. The molecule has 0 spiro atoms. The molecule has 94 valence electrons. The van der Waals surface area contributed by atoms with E-state index in [2.05, 4.69) is 0 Å². The summed E-state index contributed by atoms with van der Waals surface area (Å²) in [6.07, 6.45) is 0. The van der Waals surface area contributed by atoms with Crippen LogP contribution in [0.3, 0.4) is 0 Å². The number of benzene rings is 2. The Hall–Kier alpha value is -1.87. The highest BCUT2D eigenvalue weighted by Gasteiger charge is 2.03. The molecule has 0 fully saturated rings. The number of phenols is 1. The van der Waals surface area contributed by atoms with Crippen molar-refractivity contribution in [3.05, 3.63) is 53.1 Å². The molecule has 0 unspecified atom stereocenters. The summed E-state index contributed by atoms with van der Waals surface area (Å²) in [6, 6.07) is 12.2. The van der Waals surface area contributed by atoms with Crippen LogP contribution in [0.2, 0.25) is 5.02 Å². The topological polar surface area (TPSA) is 38.7 Å². The van der Waals surface area contributed by atoms with Gasteiger partial charge in [0.15, 0.2) is 0 Å². The zero-order valence-corrected chi connectivity index (χ0v) is 10.6. The normalized spacial score (nSPS) is 10.1. The lowest BCUT2D eigenvalue weighted by atomic mass is 10.2. The molecule has 2 aromatic carbocycles. The number of hydrogen-bond donors (Lipinski definition) is 1. The quantitative estimate of drug-likeness (QED) is 0.916. The van der Waals surface area contributed by atoms with Crippen LogP contribution in [0.15, 0.2) is 42.5 Å². The van der Waals surface area contributed by atoms with Crippen molar-refractivity contribution in [2.75, 3.05) is 7.11 Å². The first-order valence-corrected chi connectivity index (χ1v) is 5.81. The van der Waals surface area contributed by atoms with Crippen molar-refractivity contribution < 1.29 is 14.6 Å². The fraction of sp³-hybridized carbons (Fsp3) is 0.143. The number of halogens is 1. The van der Waals surface area contributed by atoms with Crippen LogP contribution < -0.4 is 9.47 Å². The van der Waals surface area contributed by atoms with Crippen molar-refractivity contribution in [3.63, 3.8) is 0 Å². The van der Waals surface area contributed by atoms with Crippen molar-refractivity contribution in [1.29, 1.82) is 0 Å². The maximum Gasteiger partial charge on any atom is 0.138 e. The van der Waals surface area contributed by atoms with Gasteiger partial charge in [-0.05, 0) is 29.8 Å². The highest BCUT2D eigenvalue weighted by Crippen LogP contribution is 2.28. The third-order valence-corrected chi connectivity index (χ3v) is 2.76. The molecule has 0 aliphatic heterocycles. The first-order valence-electron chi connectivity index (χ1n) is 5.43. The average Bonchev–Trinajstić information content (AvgIpc) is 2.38. The summed E-state index contributed by atoms with van der Waals surface area (Å²) >= 11 is 5.94. The number of hydrogen-bond acceptors (Lipinski definition) is 3. The first-order chi connectivity index (χ1) is 8.69. The van der Waals surface area contributed by atoms with E-state index < -0.39 is 0 Å². The smallest absolute Gasteiger partial charge is 0.138 e. The van der Waals surface area contributed by atoms with Crippen molar-refractivity contribution in [3.8, 4) is 17.2 Å². The van der Waals surface area contributed by atoms with E-state index in [0.717, 1.165) is 11.3 Å². The summed E-state index contributed by atoms with van der Waals surface area (Å²) in [6.45, 7) is 0.411. The summed E-state index contributed by atoms with van der Waals surface area (Å²) in [5.41, 5.74) is 1.01. The van der Waals surface area contributed by atoms with E-state index in [1.165, 1.54) is 12.1 Å². The van der Waals surface area contributed by atoms with Gasteiger partial charge in [0.25, 0.3) is 0 Å². The van der Waals surface area contributed by atoms with E-state index in [1.807, 2.05) is 24.3 Å². The Morgan fingerprint density at radius 3 is 2.44 bits per heavy atom. The number of ether oxygens (including phenoxy) is 2. The molecule has 4 heteroatoms. The Labute approximate surface area is 111 Å². The van der Waals surface area contributed by atoms with Crippen LogP contribution in [0.25, 0.3) is 0 Å². The highest BCUT2D eigenvalue weighted by atomic mass is 35.5. The van der Waals surface area contributed by atoms with E-state index in [4.69, 9.17) is 21.1 Å². The lowest BCUT2D eigenvalue weighted by Crippen LogP contribution is -1.95. The van der Waals surface area contributed by atoms with Crippen LogP contribution in [0.4, 0.5) is 0 Å². The van der Waals surface area contributed by atoms with Crippen LogP contribution in [-0.4, -0.2) is 12.2 Å². The lowest BCUT2D eigenvalue weighted by molar-refractivity contribution is 0.305. The summed E-state index contributed by atoms with van der Waals surface area (Å²) < 4.78 is 10.6. The van der Waals surface area contributed by atoms with Crippen molar-refractivity contribution >= 4 is 11.6 Å². The van der Waals surface area contributed by atoms with E-state index in [-0.39, 0.29) is 5.75 Å². The molecule has 3 nitrogen and oxygen atoms in total. The van der Waals surface area contributed by atoms with E-state index >= 15 is 0 Å². The first kappa shape index (κ1) is 12.6. The maximum absolute atomic E-state index is 9.23. The third kappa shape index (κ3) is 3.08. The molecule has 2 rings (SSSR count). The van der Waals surface area contributed by atoms with Gasteiger partial charge in [0.1, 0.15) is 23.9 Å². The largest absolute Gasteiger partial charge is 0.508 e. The van der Waals surface area contributed by atoms with Crippen LogP contribution in [0.1, 0.15) is 5.56 Å². The van der Waals surface area contributed by atoms with Crippen molar-refractivity contribution in [1.82, 2.24) is 0 Å². The molecule has 0 aromatic heterocycles. The van der Waals surface area contributed by atoms with Gasteiger partial charge in [-0.2, -0.15) is 0 Å². The molecule has 18 heavy (non-hydrogen) atoms. The van der Waals surface area contributed by atoms with Gasteiger partial charge in [-0.15, -0.1) is 0 Å². The molecule has 1 N–H and O–H groups in total. The lowest BCUT2D eigenvalue weighted by Gasteiger charge is -2.08. The Kier molecular flexibility index (Phi) is 3.95. The molecule has 0 amide bonds. The second-order valence-electron chi connectivity index (χ2n) is 3.75. The van der Waals surface area contributed by atoms with Crippen LogP contribution in [-0.2, 0) is 6.61 Å². The monoisotopic (exact) mass is 264 g/mol. The number of methoxy groups -OCH3 is 1. The van der Waals surface area contributed by atoms with Gasteiger partial charge in [-0.3, -0.25) is 0 Å². The zero-order chi connectivity index (χ0) is 13.0. The third-order valence-electron chi connectivity index (χ3n) is 2.47. The van der Waals surface area contributed by atoms with E-state index in [1.54, 1.807) is 13.2 Å². The second kappa shape index (κ2) is 5.65. The standard InChI is InChI=1S/C14H13ClO3/c1-17-12-5-2-10(3-6-12)9-18-14-7-4-11(16)8-13(14)15/h2-8,16H,9H2,1H3. The van der Waals surface area contributed by atoms with Crippen molar-refractivity contribution in [2.45, 2.75) is 6.61 Å². The fourth-order valence-electron chi connectivity index (χ4n) is 1.49. The molecule has 0 radical (unpaired) electrons. The van der Waals surface area contributed by atoms with Crippen LogP contribution >= 0.6 is 11.6 Å². The van der Waals surface area contributed by atoms with Gasteiger partial charge in [0.2, 0.25) is 0 Å². The maximum atomic E-state index is 9.23. The fourth-order valence-corrected chi connectivity index (χ4v) is 1.72. The number of aromatic hydroxyl groups is 1. The second-order valence-corrected chi connectivity index (χ2v) is 4.16. The minimum absolute atomic E-state index is 0.122. The molecular weight excluding hydrogens is 252 g/mol. The predicted molar refractivity (Wildman–Crippen MR) is 70.4 cm³/mol. The SMILES string of the molecule is COc1ccc(COc2ccc(O)cc2Cl)cc1. The Bertz CT molecular complexity index is 523. The van der Waals surface area contributed by atoms with E-state index in [0.29, 0.717) is 17.4 Å². The Morgan fingerprint density at radius 1 is 1.11 bits per heavy atom. The average molecular weight is 265 g/mol. The van der Waals surface area contributed by atoms with Gasteiger partial charge in [0, 0.05) is 6.07 Å². The summed E-state index contributed by atoms with van der Waals surface area (Å²) in [4.78, 5) is 0. The summed E-state index contributed by atoms with van der Waals surface area (Å²) in [7, 11) is 1.63. The van der Waals surface area contributed by atoms with E-state index in [9.17, 15) is 5.11 Å². The van der Waals surface area contributed by atoms with Gasteiger partial charge >= 0.3 is 0 Å². The van der Waals surface area contributed by atoms with Gasteiger partial charge in [0.05, 0.1) is 12.1 Å². The minimum Gasteiger partial charge on any atom is -0.508 e. The predicted octanol–water partition coefficient (Wildman–Crippen LogP) is 3.63. The van der Waals surface area contributed by atoms with Crippen LogP contribution in [0, 0.1) is 0 Å². The molecule has 0 saturated carbocycles. The summed E-state index contributed by atoms with van der Waals surface area (Å²) in [5, 5.41) is 9.62. The summed E-state index contributed by atoms with van der Waals surface area (Å²) in [5.74, 6) is 1.48. The molecule has 0 atom stereocenters. The molecule has 0 heterocycles. The molecule has 0 aliphatic carbocycles.